The molecule has 0 aliphatic carbocycles. The lowest BCUT2D eigenvalue weighted by Gasteiger charge is -2.02. The van der Waals surface area contributed by atoms with Gasteiger partial charge in [0.15, 0.2) is 4.73 Å². The molecule has 0 aliphatic rings. The number of halogens is 2. The van der Waals surface area contributed by atoms with Crippen molar-refractivity contribution in [1.82, 2.24) is 9.55 Å². The number of hydrogen-bond acceptors (Lipinski definition) is 1. The fraction of sp³-hybridized carbons (Fsp3) is 0.100. The molecule has 1 aromatic carbocycles. The highest BCUT2D eigenvalue weighted by Crippen LogP contribution is 2.23. The van der Waals surface area contributed by atoms with E-state index in [1.807, 2.05) is 42.1 Å². The van der Waals surface area contributed by atoms with Crippen LogP contribution in [0.25, 0.3) is 11.3 Å². The molecule has 1 heterocycles. The van der Waals surface area contributed by atoms with Crippen molar-refractivity contribution in [3.8, 4) is 11.3 Å². The molecule has 2 nitrogen and oxygen atoms in total. The number of aromatic nitrogens is 2. The molecule has 14 heavy (non-hydrogen) atoms. The number of rotatable bonds is 1. The first-order valence-electron chi connectivity index (χ1n) is 4.11. The van der Waals surface area contributed by atoms with Crippen LogP contribution in [0.3, 0.4) is 0 Å². The molecule has 0 amide bonds. The first-order chi connectivity index (χ1) is 6.68. The van der Waals surface area contributed by atoms with Gasteiger partial charge in [0.2, 0.25) is 0 Å². The van der Waals surface area contributed by atoms with Gasteiger partial charge in [-0.3, -0.25) is 0 Å². The molecule has 0 spiro atoms. The van der Waals surface area contributed by atoms with Gasteiger partial charge in [0.05, 0.1) is 11.9 Å². The largest absolute Gasteiger partial charge is 0.322 e. The maximum absolute atomic E-state index is 5.81. The lowest BCUT2D eigenvalue weighted by molar-refractivity contribution is 0.889. The molecule has 1 aromatic heterocycles. The van der Waals surface area contributed by atoms with Crippen LogP contribution < -0.4 is 0 Å². The summed E-state index contributed by atoms with van der Waals surface area (Å²) in [5.41, 5.74) is 2.17. The lowest BCUT2D eigenvalue weighted by atomic mass is 10.2. The van der Waals surface area contributed by atoms with Gasteiger partial charge in [0.1, 0.15) is 0 Å². The Balaban J connectivity index is 2.49. The van der Waals surface area contributed by atoms with Crippen LogP contribution in [0.15, 0.2) is 35.2 Å². The molecule has 0 fully saturated rings. The topological polar surface area (TPSA) is 17.8 Å². The molecule has 0 unspecified atom stereocenters. The monoisotopic (exact) mass is 270 g/mol. The number of benzene rings is 1. The molecule has 0 saturated carbocycles. The third-order valence-corrected chi connectivity index (χ3v) is 3.06. The SMILES string of the molecule is Cn1c(-c2ccc(Cl)cc2)cnc1Br. The van der Waals surface area contributed by atoms with E-state index in [1.54, 1.807) is 0 Å². The number of imidazole rings is 1. The van der Waals surface area contributed by atoms with Crippen LogP contribution in [0.2, 0.25) is 5.02 Å². The van der Waals surface area contributed by atoms with Gasteiger partial charge in [-0.1, -0.05) is 23.7 Å². The second-order valence-electron chi connectivity index (χ2n) is 2.98. The van der Waals surface area contributed by atoms with Gasteiger partial charge >= 0.3 is 0 Å². The predicted octanol–water partition coefficient (Wildman–Crippen LogP) is 3.50. The van der Waals surface area contributed by atoms with Crippen molar-refractivity contribution in [3.63, 3.8) is 0 Å². The van der Waals surface area contributed by atoms with Crippen molar-refractivity contribution < 1.29 is 0 Å². The highest BCUT2D eigenvalue weighted by atomic mass is 79.9. The molecule has 4 heteroatoms. The smallest absolute Gasteiger partial charge is 0.177 e. The minimum Gasteiger partial charge on any atom is -0.322 e. The van der Waals surface area contributed by atoms with Crippen molar-refractivity contribution >= 4 is 27.5 Å². The molecule has 0 atom stereocenters. The molecule has 2 aromatic rings. The summed E-state index contributed by atoms with van der Waals surface area (Å²) in [4.78, 5) is 4.16. The maximum Gasteiger partial charge on any atom is 0.177 e. The molecule has 0 aliphatic heterocycles. The highest BCUT2D eigenvalue weighted by molar-refractivity contribution is 9.10. The summed E-state index contributed by atoms with van der Waals surface area (Å²) >= 11 is 9.17. The van der Waals surface area contributed by atoms with E-state index >= 15 is 0 Å². The normalized spacial score (nSPS) is 10.5. The van der Waals surface area contributed by atoms with Crippen LogP contribution in [0.4, 0.5) is 0 Å². The van der Waals surface area contributed by atoms with Crippen molar-refractivity contribution in [2.45, 2.75) is 0 Å². The van der Waals surface area contributed by atoms with Crippen LogP contribution >= 0.6 is 27.5 Å². The van der Waals surface area contributed by atoms with Gasteiger partial charge in [-0.2, -0.15) is 0 Å². The van der Waals surface area contributed by atoms with E-state index in [9.17, 15) is 0 Å². The minimum absolute atomic E-state index is 0.745. The van der Waals surface area contributed by atoms with Crippen molar-refractivity contribution in [3.05, 3.63) is 40.2 Å². The third-order valence-electron chi connectivity index (χ3n) is 2.07. The molecule has 72 valence electrons. The van der Waals surface area contributed by atoms with E-state index in [-0.39, 0.29) is 0 Å². The Hall–Kier alpha value is -0.800. The van der Waals surface area contributed by atoms with Crippen molar-refractivity contribution in [2.24, 2.45) is 7.05 Å². The Labute approximate surface area is 95.7 Å². The minimum atomic E-state index is 0.745. The molecular formula is C10H8BrClN2. The van der Waals surface area contributed by atoms with Crippen molar-refractivity contribution in [1.29, 1.82) is 0 Å². The van der Waals surface area contributed by atoms with E-state index in [1.165, 1.54) is 0 Å². The summed E-state index contributed by atoms with van der Waals surface area (Å²) in [5, 5.41) is 0.745. The van der Waals surface area contributed by atoms with Gasteiger partial charge in [-0.05, 0) is 33.6 Å². The highest BCUT2D eigenvalue weighted by Gasteiger charge is 2.05. The lowest BCUT2D eigenvalue weighted by Crippen LogP contribution is -1.91. The zero-order valence-electron chi connectivity index (χ0n) is 7.54. The van der Waals surface area contributed by atoms with Crippen LogP contribution in [-0.2, 0) is 7.05 Å². The fourth-order valence-electron chi connectivity index (χ4n) is 1.28. The standard InChI is InChI=1S/C10H8BrClN2/c1-14-9(6-13-10(14)11)7-2-4-8(12)5-3-7/h2-6H,1H3. The molecule has 2 rings (SSSR count). The summed E-state index contributed by atoms with van der Waals surface area (Å²) in [6.07, 6.45) is 1.83. The Morgan fingerprint density at radius 3 is 2.43 bits per heavy atom. The van der Waals surface area contributed by atoms with E-state index in [2.05, 4.69) is 20.9 Å². The van der Waals surface area contributed by atoms with Gasteiger partial charge in [0.25, 0.3) is 0 Å². The average Bonchev–Trinajstić information content (AvgIpc) is 2.50. The zero-order valence-corrected chi connectivity index (χ0v) is 9.88. The van der Waals surface area contributed by atoms with Gasteiger partial charge in [-0.15, -0.1) is 0 Å². The molecule has 0 N–H and O–H groups in total. The van der Waals surface area contributed by atoms with Crippen LogP contribution in [0, 0.1) is 0 Å². The third kappa shape index (κ3) is 1.70. The van der Waals surface area contributed by atoms with E-state index < -0.39 is 0 Å². The van der Waals surface area contributed by atoms with Crippen molar-refractivity contribution in [2.75, 3.05) is 0 Å². The average molecular weight is 272 g/mol. The zero-order chi connectivity index (χ0) is 10.1. The van der Waals surface area contributed by atoms with E-state index in [0.717, 1.165) is 21.0 Å². The molecule has 0 bridgehead atoms. The first kappa shape index (κ1) is 9.74. The fourth-order valence-corrected chi connectivity index (χ4v) is 1.70. The van der Waals surface area contributed by atoms with E-state index in [4.69, 9.17) is 11.6 Å². The van der Waals surface area contributed by atoms with E-state index in [0.29, 0.717) is 0 Å². The Bertz CT molecular complexity index is 448. The second-order valence-corrected chi connectivity index (χ2v) is 4.12. The molecule has 0 radical (unpaired) electrons. The first-order valence-corrected chi connectivity index (χ1v) is 5.29. The Morgan fingerprint density at radius 1 is 1.29 bits per heavy atom. The molecular weight excluding hydrogens is 263 g/mol. The summed E-state index contributed by atoms with van der Waals surface area (Å²) in [6.45, 7) is 0. The summed E-state index contributed by atoms with van der Waals surface area (Å²) in [6, 6.07) is 7.70. The van der Waals surface area contributed by atoms with Gasteiger partial charge in [0, 0.05) is 12.1 Å². The second kappa shape index (κ2) is 3.75. The Morgan fingerprint density at radius 2 is 1.93 bits per heavy atom. The Kier molecular flexibility index (Phi) is 2.61. The number of hydrogen-bond donors (Lipinski definition) is 0. The number of nitrogens with zero attached hydrogens (tertiary/aromatic N) is 2. The van der Waals surface area contributed by atoms with Gasteiger partial charge < -0.3 is 4.57 Å². The predicted molar refractivity (Wildman–Crippen MR) is 61.4 cm³/mol. The van der Waals surface area contributed by atoms with Crippen LogP contribution in [0.5, 0.6) is 0 Å². The molecule has 0 saturated heterocycles. The maximum atomic E-state index is 5.81. The van der Waals surface area contributed by atoms with Crippen LogP contribution in [0.1, 0.15) is 0 Å². The van der Waals surface area contributed by atoms with Gasteiger partial charge in [-0.25, -0.2) is 4.98 Å². The summed E-state index contributed by atoms with van der Waals surface area (Å²) in [7, 11) is 1.96. The summed E-state index contributed by atoms with van der Waals surface area (Å²) in [5.74, 6) is 0. The quantitative estimate of drug-likeness (QED) is 0.776. The summed E-state index contributed by atoms with van der Waals surface area (Å²) < 4.78 is 2.80. The van der Waals surface area contributed by atoms with Crippen LogP contribution in [-0.4, -0.2) is 9.55 Å².